The summed E-state index contributed by atoms with van der Waals surface area (Å²) in [4.78, 5) is 11.8. The van der Waals surface area contributed by atoms with Crippen molar-refractivity contribution < 1.29 is 4.79 Å². The van der Waals surface area contributed by atoms with Crippen LogP contribution in [-0.2, 0) is 0 Å². The first-order valence-corrected chi connectivity index (χ1v) is 5.31. The molecule has 1 rings (SSSR count). The van der Waals surface area contributed by atoms with Crippen LogP contribution in [0.3, 0.4) is 0 Å². The summed E-state index contributed by atoms with van der Waals surface area (Å²) < 4.78 is 0. The minimum atomic E-state index is -0.436. The molecule has 0 fully saturated rings. The van der Waals surface area contributed by atoms with Crippen LogP contribution in [0.2, 0.25) is 0 Å². The van der Waals surface area contributed by atoms with Gasteiger partial charge < -0.3 is 5.32 Å². The smallest absolute Gasteiger partial charge is 0.252 e. The summed E-state index contributed by atoms with van der Waals surface area (Å²) in [5.74, 6) is -0.0837. The second-order valence-electron chi connectivity index (χ2n) is 4.19. The number of amides is 1. The van der Waals surface area contributed by atoms with Gasteiger partial charge in [-0.15, -0.1) is 0 Å². The van der Waals surface area contributed by atoms with Crippen LogP contribution in [0, 0.1) is 24.2 Å². The monoisotopic (exact) mass is 216 g/mol. The zero-order valence-electron chi connectivity index (χ0n) is 9.82. The topological polar surface area (TPSA) is 52.9 Å². The van der Waals surface area contributed by atoms with E-state index in [4.69, 9.17) is 5.26 Å². The van der Waals surface area contributed by atoms with Crippen LogP contribution in [0.15, 0.2) is 24.3 Å². The first-order valence-electron chi connectivity index (χ1n) is 5.31. The van der Waals surface area contributed by atoms with Crippen LogP contribution >= 0.6 is 0 Å². The van der Waals surface area contributed by atoms with Crippen LogP contribution in [0.1, 0.15) is 29.8 Å². The van der Waals surface area contributed by atoms with Crippen LogP contribution < -0.4 is 5.32 Å². The Morgan fingerprint density at radius 1 is 1.31 bits per heavy atom. The molecule has 84 valence electrons. The van der Waals surface area contributed by atoms with Crippen LogP contribution in [-0.4, -0.2) is 11.9 Å². The Bertz CT molecular complexity index is 401. The van der Waals surface area contributed by atoms with Crippen molar-refractivity contribution >= 4 is 5.91 Å². The molecule has 16 heavy (non-hydrogen) atoms. The Balaban J connectivity index is 2.73. The molecule has 0 bridgehead atoms. The summed E-state index contributed by atoms with van der Waals surface area (Å²) in [5, 5.41) is 11.6. The Labute approximate surface area is 96.1 Å². The molecule has 0 aliphatic heterocycles. The van der Waals surface area contributed by atoms with Crippen molar-refractivity contribution in [2.75, 3.05) is 0 Å². The molecule has 0 spiro atoms. The quantitative estimate of drug-likeness (QED) is 0.842. The lowest BCUT2D eigenvalue weighted by Crippen LogP contribution is -2.37. The van der Waals surface area contributed by atoms with E-state index in [9.17, 15) is 4.79 Å². The number of hydrogen-bond donors (Lipinski definition) is 1. The third-order valence-corrected chi connectivity index (χ3v) is 2.41. The molecule has 0 heterocycles. The number of carbonyl (C=O) groups excluding carboxylic acids is 1. The number of nitriles is 1. The average Bonchev–Trinajstić information content (AvgIpc) is 2.26. The number of nitrogens with zero attached hydrogens (tertiary/aromatic N) is 1. The maximum Gasteiger partial charge on any atom is 0.252 e. The summed E-state index contributed by atoms with van der Waals surface area (Å²) in [6, 6.07) is 8.93. The zero-order valence-corrected chi connectivity index (χ0v) is 9.82. The van der Waals surface area contributed by atoms with Gasteiger partial charge in [0.15, 0.2) is 0 Å². The molecule has 0 radical (unpaired) electrons. The van der Waals surface area contributed by atoms with E-state index >= 15 is 0 Å². The Hall–Kier alpha value is -1.82. The Morgan fingerprint density at radius 2 is 1.88 bits per heavy atom. The van der Waals surface area contributed by atoms with E-state index in [0.29, 0.717) is 5.56 Å². The van der Waals surface area contributed by atoms with Crippen molar-refractivity contribution in [3.63, 3.8) is 0 Å². The summed E-state index contributed by atoms with van der Waals surface area (Å²) in [5.41, 5.74) is 1.70. The molecule has 1 N–H and O–H groups in total. The highest BCUT2D eigenvalue weighted by Crippen LogP contribution is 2.05. The minimum Gasteiger partial charge on any atom is -0.336 e. The Morgan fingerprint density at radius 3 is 2.31 bits per heavy atom. The van der Waals surface area contributed by atoms with Crippen molar-refractivity contribution in [2.45, 2.75) is 26.8 Å². The summed E-state index contributed by atoms with van der Waals surface area (Å²) >= 11 is 0. The van der Waals surface area contributed by atoms with Gasteiger partial charge in [-0.2, -0.15) is 5.26 Å². The molecular weight excluding hydrogens is 200 g/mol. The molecule has 1 aromatic rings. The van der Waals surface area contributed by atoms with E-state index in [2.05, 4.69) is 11.4 Å². The lowest BCUT2D eigenvalue weighted by molar-refractivity contribution is 0.0937. The van der Waals surface area contributed by atoms with Gasteiger partial charge in [-0.1, -0.05) is 31.5 Å². The molecule has 1 unspecified atom stereocenters. The SMILES string of the molecule is Cc1ccc(C(=O)NC(C#N)C(C)C)cc1. The second-order valence-corrected chi connectivity index (χ2v) is 4.19. The van der Waals surface area contributed by atoms with Crippen LogP contribution in [0.5, 0.6) is 0 Å². The maximum atomic E-state index is 11.8. The normalized spacial score (nSPS) is 11.9. The molecule has 0 saturated carbocycles. The van der Waals surface area contributed by atoms with Gasteiger partial charge >= 0.3 is 0 Å². The summed E-state index contributed by atoms with van der Waals surface area (Å²) in [6.07, 6.45) is 0. The molecule has 0 aromatic heterocycles. The highest BCUT2D eigenvalue weighted by Gasteiger charge is 2.15. The third-order valence-electron chi connectivity index (χ3n) is 2.41. The molecule has 0 saturated heterocycles. The van der Waals surface area contributed by atoms with Gasteiger partial charge in [0.05, 0.1) is 6.07 Å². The van der Waals surface area contributed by atoms with Gasteiger partial charge in [-0.3, -0.25) is 4.79 Å². The van der Waals surface area contributed by atoms with Crippen molar-refractivity contribution in [2.24, 2.45) is 5.92 Å². The fourth-order valence-electron chi connectivity index (χ4n) is 1.28. The van der Waals surface area contributed by atoms with Gasteiger partial charge in [0.2, 0.25) is 0 Å². The largest absolute Gasteiger partial charge is 0.336 e. The fourth-order valence-corrected chi connectivity index (χ4v) is 1.28. The van der Waals surface area contributed by atoms with Crippen molar-refractivity contribution in [3.05, 3.63) is 35.4 Å². The standard InChI is InChI=1S/C13H16N2O/c1-9(2)12(8-14)15-13(16)11-6-4-10(3)5-7-11/h4-7,9,12H,1-3H3,(H,15,16). The van der Waals surface area contributed by atoms with Gasteiger partial charge in [0.1, 0.15) is 6.04 Å². The van der Waals surface area contributed by atoms with Gasteiger partial charge in [0, 0.05) is 5.56 Å². The molecule has 1 atom stereocenters. The predicted octanol–water partition coefficient (Wildman–Crippen LogP) is 2.27. The van der Waals surface area contributed by atoms with E-state index in [1.807, 2.05) is 32.9 Å². The predicted molar refractivity (Wildman–Crippen MR) is 62.9 cm³/mol. The summed E-state index contributed by atoms with van der Waals surface area (Å²) in [7, 11) is 0. The molecular formula is C13H16N2O. The lowest BCUT2D eigenvalue weighted by atomic mass is 10.1. The van der Waals surface area contributed by atoms with Crippen molar-refractivity contribution in [3.8, 4) is 6.07 Å². The molecule has 1 aromatic carbocycles. The van der Waals surface area contributed by atoms with Gasteiger partial charge in [-0.25, -0.2) is 0 Å². The molecule has 0 aliphatic rings. The van der Waals surface area contributed by atoms with E-state index in [1.165, 1.54) is 0 Å². The first-order chi connectivity index (χ1) is 7.54. The average molecular weight is 216 g/mol. The maximum absolute atomic E-state index is 11.8. The van der Waals surface area contributed by atoms with Gasteiger partial charge in [-0.05, 0) is 25.0 Å². The van der Waals surface area contributed by atoms with Crippen LogP contribution in [0.25, 0.3) is 0 Å². The second kappa shape index (κ2) is 5.32. The highest BCUT2D eigenvalue weighted by molar-refractivity contribution is 5.94. The molecule has 3 nitrogen and oxygen atoms in total. The number of carbonyl (C=O) groups is 1. The first kappa shape index (κ1) is 12.3. The summed E-state index contributed by atoms with van der Waals surface area (Å²) in [6.45, 7) is 5.78. The zero-order chi connectivity index (χ0) is 12.1. The minimum absolute atomic E-state index is 0.111. The van der Waals surface area contributed by atoms with E-state index in [-0.39, 0.29) is 11.8 Å². The number of nitrogens with one attached hydrogen (secondary N) is 1. The van der Waals surface area contributed by atoms with Crippen LogP contribution in [0.4, 0.5) is 0 Å². The van der Waals surface area contributed by atoms with E-state index < -0.39 is 6.04 Å². The highest BCUT2D eigenvalue weighted by atomic mass is 16.1. The number of benzene rings is 1. The Kier molecular flexibility index (Phi) is 4.07. The van der Waals surface area contributed by atoms with E-state index in [0.717, 1.165) is 5.56 Å². The number of hydrogen-bond acceptors (Lipinski definition) is 2. The van der Waals surface area contributed by atoms with Crippen molar-refractivity contribution in [1.82, 2.24) is 5.32 Å². The molecule has 1 amide bonds. The lowest BCUT2D eigenvalue weighted by Gasteiger charge is -2.14. The third kappa shape index (κ3) is 3.09. The fraction of sp³-hybridized carbons (Fsp3) is 0.385. The number of aryl methyl sites for hydroxylation is 1. The van der Waals surface area contributed by atoms with Gasteiger partial charge in [0.25, 0.3) is 5.91 Å². The number of rotatable bonds is 3. The van der Waals surface area contributed by atoms with Crippen molar-refractivity contribution in [1.29, 1.82) is 5.26 Å². The van der Waals surface area contributed by atoms with E-state index in [1.54, 1.807) is 12.1 Å². The molecule has 0 aliphatic carbocycles. The molecule has 3 heteroatoms.